The van der Waals surface area contributed by atoms with Crippen LogP contribution in [-0.4, -0.2) is 11.9 Å². The Balaban J connectivity index is 2.65. The number of halogens is 1. The highest BCUT2D eigenvalue weighted by atomic mass is 127. The van der Waals surface area contributed by atoms with Crippen molar-refractivity contribution in [3.05, 3.63) is 33.4 Å². The summed E-state index contributed by atoms with van der Waals surface area (Å²) in [6.45, 7) is 6.22. The molecule has 1 N–H and O–H groups in total. The SMILES string of the molecule is CC(C)[C@@H](C)NC(=O)c1ccc(I)cc1. The first-order chi connectivity index (χ1) is 7.00. The van der Waals surface area contributed by atoms with E-state index in [9.17, 15) is 4.79 Å². The zero-order chi connectivity index (χ0) is 11.4. The fraction of sp³-hybridized carbons (Fsp3) is 0.417. The van der Waals surface area contributed by atoms with Gasteiger partial charge in [-0.2, -0.15) is 0 Å². The number of carbonyl (C=O) groups is 1. The van der Waals surface area contributed by atoms with Crippen molar-refractivity contribution in [1.29, 1.82) is 0 Å². The third kappa shape index (κ3) is 3.81. The van der Waals surface area contributed by atoms with Gasteiger partial charge in [0, 0.05) is 15.2 Å². The first-order valence-electron chi connectivity index (χ1n) is 5.07. The number of rotatable bonds is 3. The molecule has 0 aliphatic heterocycles. The number of nitrogens with one attached hydrogen (secondary N) is 1. The minimum atomic E-state index is 0.00704. The molecular weight excluding hydrogens is 301 g/mol. The van der Waals surface area contributed by atoms with Gasteiger partial charge in [-0.25, -0.2) is 0 Å². The molecule has 0 heterocycles. The van der Waals surface area contributed by atoms with Crippen molar-refractivity contribution in [2.75, 3.05) is 0 Å². The molecule has 0 radical (unpaired) electrons. The Morgan fingerprint density at radius 1 is 1.20 bits per heavy atom. The van der Waals surface area contributed by atoms with Crippen LogP contribution in [0.25, 0.3) is 0 Å². The minimum Gasteiger partial charge on any atom is -0.349 e. The Morgan fingerprint density at radius 3 is 2.20 bits per heavy atom. The number of benzene rings is 1. The maximum Gasteiger partial charge on any atom is 0.251 e. The van der Waals surface area contributed by atoms with Crippen LogP contribution in [0.2, 0.25) is 0 Å². The fourth-order valence-corrected chi connectivity index (χ4v) is 1.42. The molecule has 0 aliphatic carbocycles. The molecule has 1 amide bonds. The second kappa shape index (κ2) is 5.49. The highest BCUT2D eigenvalue weighted by molar-refractivity contribution is 14.1. The van der Waals surface area contributed by atoms with Crippen molar-refractivity contribution < 1.29 is 4.79 Å². The van der Waals surface area contributed by atoms with E-state index in [1.807, 2.05) is 31.2 Å². The van der Waals surface area contributed by atoms with Crippen LogP contribution >= 0.6 is 22.6 Å². The summed E-state index contributed by atoms with van der Waals surface area (Å²) in [5.41, 5.74) is 0.725. The molecule has 0 aliphatic rings. The molecule has 0 fully saturated rings. The zero-order valence-corrected chi connectivity index (χ0v) is 11.4. The summed E-state index contributed by atoms with van der Waals surface area (Å²) < 4.78 is 1.14. The third-order valence-electron chi connectivity index (χ3n) is 2.47. The van der Waals surface area contributed by atoms with Gasteiger partial charge in [0.05, 0.1) is 0 Å². The maximum absolute atomic E-state index is 11.8. The quantitative estimate of drug-likeness (QED) is 0.853. The standard InChI is InChI=1S/C12H16INO/c1-8(2)9(3)14-12(15)10-4-6-11(13)7-5-10/h4-9H,1-3H3,(H,14,15)/t9-/m1/s1. The molecule has 1 aromatic carbocycles. The first-order valence-corrected chi connectivity index (χ1v) is 6.15. The van der Waals surface area contributed by atoms with Crippen molar-refractivity contribution in [3.63, 3.8) is 0 Å². The Morgan fingerprint density at radius 2 is 1.73 bits per heavy atom. The Bertz CT molecular complexity index is 332. The first kappa shape index (κ1) is 12.5. The number of hydrogen-bond acceptors (Lipinski definition) is 1. The lowest BCUT2D eigenvalue weighted by molar-refractivity contribution is 0.0930. The van der Waals surface area contributed by atoms with Gasteiger partial charge in [-0.1, -0.05) is 13.8 Å². The molecule has 1 rings (SSSR count). The van der Waals surface area contributed by atoms with Gasteiger partial charge in [0.2, 0.25) is 0 Å². The third-order valence-corrected chi connectivity index (χ3v) is 3.18. The average Bonchev–Trinajstić information content (AvgIpc) is 2.18. The van der Waals surface area contributed by atoms with Crippen LogP contribution < -0.4 is 5.32 Å². The van der Waals surface area contributed by atoms with E-state index in [0.29, 0.717) is 5.92 Å². The van der Waals surface area contributed by atoms with Gasteiger partial charge in [-0.05, 0) is 59.7 Å². The van der Waals surface area contributed by atoms with Gasteiger partial charge >= 0.3 is 0 Å². The monoisotopic (exact) mass is 317 g/mol. The van der Waals surface area contributed by atoms with E-state index in [1.165, 1.54) is 0 Å². The Kier molecular flexibility index (Phi) is 4.57. The second-order valence-corrected chi connectivity index (χ2v) is 5.26. The normalized spacial score (nSPS) is 12.6. The van der Waals surface area contributed by atoms with Crippen molar-refractivity contribution in [2.24, 2.45) is 5.92 Å². The van der Waals surface area contributed by atoms with Crippen LogP contribution in [-0.2, 0) is 0 Å². The molecule has 1 aromatic rings. The lowest BCUT2D eigenvalue weighted by Gasteiger charge is -2.17. The van der Waals surface area contributed by atoms with Gasteiger partial charge in [0.25, 0.3) is 5.91 Å². The zero-order valence-electron chi connectivity index (χ0n) is 9.25. The van der Waals surface area contributed by atoms with E-state index in [0.717, 1.165) is 9.13 Å². The van der Waals surface area contributed by atoms with Crippen LogP contribution in [0.5, 0.6) is 0 Å². The topological polar surface area (TPSA) is 29.1 Å². The molecule has 0 unspecified atom stereocenters. The summed E-state index contributed by atoms with van der Waals surface area (Å²) in [5, 5.41) is 2.97. The van der Waals surface area contributed by atoms with Crippen LogP contribution in [0.3, 0.4) is 0 Å². The maximum atomic E-state index is 11.8. The van der Waals surface area contributed by atoms with Crippen molar-refractivity contribution >= 4 is 28.5 Å². The van der Waals surface area contributed by atoms with E-state index in [-0.39, 0.29) is 11.9 Å². The average molecular weight is 317 g/mol. The largest absolute Gasteiger partial charge is 0.349 e. The van der Waals surface area contributed by atoms with E-state index in [2.05, 4.69) is 41.8 Å². The number of hydrogen-bond donors (Lipinski definition) is 1. The molecule has 82 valence electrons. The lowest BCUT2D eigenvalue weighted by Crippen LogP contribution is -2.36. The van der Waals surface area contributed by atoms with Crippen LogP contribution in [0.15, 0.2) is 24.3 Å². The molecular formula is C12H16INO. The Hall–Kier alpha value is -0.580. The molecule has 0 saturated carbocycles. The summed E-state index contributed by atoms with van der Waals surface area (Å²) in [6, 6.07) is 7.79. The predicted octanol–water partition coefficient (Wildman–Crippen LogP) is 3.07. The summed E-state index contributed by atoms with van der Waals surface area (Å²) in [6.07, 6.45) is 0. The molecule has 15 heavy (non-hydrogen) atoms. The van der Waals surface area contributed by atoms with Gasteiger partial charge < -0.3 is 5.32 Å². The van der Waals surface area contributed by atoms with Crippen LogP contribution in [0.1, 0.15) is 31.1 Å². The van der Waals surface area contributed by atoms with Crippen molar-refractivity contribution in [2.45, 2.75) is 26.8 Å². The minimum absolute atomic E-state index is 0.00704. The molecule has 0 saturated heterocycles. The highest BCUT2D eigenvalue weighted by Crippen LogP contribution is 2.08. The predicted molar refractivity (Wildman–Crippen MR) is 70.9 cm³/mol. The van der Waals surface area contributed by atoms with Crippen molar-refractivity contribution in [1.82, 2.24) is 5.32 Å². The summed E-state index contributed by atoms with van der Waals surface area (Å²) in [5.74, 6) is 0.463. The smallest absolute Gasteiger partial charge is 0.251 e. The summed E-state index contributed by atoms with van der Waals surface area (Å²) >= 11 is 2.22. The van der Waals surface area contributed by atoms with Gasteiger partial charge in [0.15, 0.2) is 0 Å². The highest BCUT2D eigenvalue weighted by Gasteiger charge is 2.11. The fourth-order valence-electron chi connectivity index (χ4n) is 1.06. The molecule has 0 spiro atoms. The molecule has 0 aromatic heterocycles. The Labute approximate surface area is 105 Å². The van der Waals surface area contributed by atoms with Gasteiger partial charge in [0.1, 0.15) is 0 Å². The van der Waals surface area contributed by atoms with E-state index >= 15 is 0 Å². The van der Waals surface area contributed by atoms with Crippen LogP contribution in [0, 0.1) is 9.49 Å². The molecule has 2 nitrogen and oxygen atoms in total. The van der Waals surface area contributed by atoms with Gasteiger partial charge in [-0.3, -0.25) is 4.79 Å². The molecule has 0 bridgehead atoms. The number of carbonyl (C=O) groups excluding carboxylic acids is 1. The molecule has 1 atom stereocenters. The van der Waals surface area contributed by atoms with Gasteiger partial charge in [-0.15, -0.1) is 0 Å². The van der Waals surface area contributed by atoms with Crippen molar-refractivity contribution in [3.8, 4) is 0 Å². The lowest BCUT2D eigenvalue weighted by atomic mass is 10.1. The molecule has 3 heteroatoms. The van der Waals surface area contributed by atoms with E-state index < -0.39 is 0 Å². The second-order valence-electron chi connectivity index (χ2n) is 4.01. The van der Waals surface area contributed by atoms with E-state index in [4.69, 9.17) is 0 Å². The van der Waals surface area contributed by atoms with E-state index in [1.54, 1.807) is 0 Å². The number of amides is 1. The summed E-state index contributed by atoms with van der Waals surface area (Å²) in [7, 11) is 0. The summed E-state index contributed by atoms with van der Waals surface area (Å²) in [4.78, 5) is 11.8. The van der Waals surface area contributed by atoms with Crippen LogP contribution in [0.4, 0.5) is 0 Å².